The fourth-order valence-electron chi connectivity index (χ4n) is 1.72. The Kier molecular flexibility index (Phi) is 3.69. The number of aromatic hydroxyl groups is 1. The molecule has 0 atom stereocenters. The van der Waals surface area contributed by atoms with Crippen molar-refractivity contribution in [3.05, 3.63) is 42.0 Å². The lowest BCUT2D eigenvalue weighted by Crippen LogP contribution is -2.19. The van der Waals surface area contributed by atoms with E-state index in [0.717, 1.165) is 0 Å². The zero-order chi connectivity index (χ0) is 14.7. The normalized spacial score (nSPS) is 10.2. The van der Waals surface area contributed by atoms with E-state index in [1.807, 2.05) is 0 Å². The summed E-state index contributed by atoms with van der Waals surface area (Å²) < 4.78 is 1.67. The Labute approximate surface area is 114 Å². The highest BCUT2D eigenvalue weighted by Gasteiger charge is 2.11. The van der Waals surface area contributed by atoms with Crippen LogP contribution in [0.25, 0.3) is 0 Å². The van der Waals surface area contributed by atoms with Gasteiger partial charge in [0.05, 0.1) is 0 Å². The van der Waals surface area contributed by atoms with Crippen molar-refractivity contribution in [1.29, 1.82) is 0 Å². The van der Waals surface area contributed by atoms with Gasteiger partial charge in [-0.3, -0.25) is 4.79 Å². The fraction of sp³-hybridized carbons (Fsp3) is 0.154. The molecule has 7 nitrogen and oxygen atoms in total. The zero-order valence-corrected chi connectivity index (χ0v) is 10.7. The van der Waals surface area contributed by atoms with E-state index in [9.17, 15) is 14.7 Å². The fourth-order valence-corrected chi connectivity index (χ4v) is 1.72. The molecule has 2 rings (SSSR count). The van der Waals surface area contributed by atoms with Crippen LogP contribution < -0.4 is 5.32 Å². The van der Waals surface area contributed by atoms with Crippen LogP contribution in [0, 0.1) is 6.92 Å². The van der Waals surface area contributed by atoms with Gasteiger partial charge in [-0.15, -0.1) is 0 Å². The van der Waals surface area contributed by atoms with Gasteiger partial charge >= 0.3 is 5.97 Å². The molecule has 1 aromatic carbocycles. The summed E-state index contributed by atoms with van der Waals surface area (Å²) >= 11 is 0. The monoisotopic (exact) mass is 275 g/mol. The number of rotatable bonds is 4. The van der Waals surface area contributed by atoms with Crippen molar-refractivity contribution in [3.63, 3.8) is 0 Å². The number of carbonyl (C=O) groups is 2. The van der Waals surface area contributed by atoms with E-state index in [2.05, 4.69) is 10.3 Å². The Bertz CT molecular complexity index is 663. The molecule has 0 unspecified atom stereocenters. The molecule has 1 heterocycles. The summed E-state index contributed by atoms with van der Waals surface area (Å²) in [5.41, 5.74) is 0.115. The first-order valence-corrected chi connectivity index (χ1v) is 5.81. The minimum atomic E-state index is -1.23. The molecule has 104 valence electrons. The Morgan fingerprint density at radius 1 is 1.40 bits per heavy atom. The number of carboxylic acids is 1. The number of aromatic nitrogens is 2. The summed E-state index contributed by atoms with van der Waals surface area (Å²) in [7, 11) is 0. The molecule has 3 N–H and O–H groups in total. The number of aryl methyl sites for hydroxylation is 1. The molecular weight excluding hydrogens is 262 g/mol. The first kappa shape index (κ1) is 13.6. The van der Waals surface area contributed by atoms with E-state index in [4.69, 9.17) is 5.11 Å². The van der Waals surface area contributed by atoms with Crippen LogP contribution in [0.3, 0.4) is 0 Å². The van der Waals surface area contributed by atoms with Crippen molar-refractivity contribution in [2.24, 2.45) is 0 Å². The highest BCUT2D eigenvalue weighted by molar-refractivity contribution is 5.94. The number of benzene rings is 1. The number of carboxylic acid groups (broad SMARTS) is 1. The number of nitrogens with zero attached hydrogens (tertiary/aromatic N) is 2. The third-order valence-electron chi connectivity index (χ3n) is 2.75. The lowest BCUT2D eigenvalue weighted by Gasteiger charge is -2.08. The number of carbonyl (C=O) groups excluding carboxylic acids is 1. The van der Waals surface area contributed by atoms with E-state index in [-0.39, 0.29) is 18.0 Å². The first-order chi connectivity index (χ1) is 9.47. The second-order valence-electron chi connectivity index (χ2n) is 4.19. The topological polar surface area (TPSA) is 104 Å². The molecule has 0 aliphatic heterocycles. The number of anilines is 1. The molecule has 0 fully saturated rings. The minimum Gasteiger partial charge on any atom is -0.507 e. The molecule has 0 bridgehead atoms. The van der Waals surface area contributed by atoms with Crippen LogP contribution >= 0.6 is 0 Å². The smallest absolute Gasteiger partial charge is 0.339 e. The van der Waals surface area contributed by atoms with Crippen LogP contribution in [-0.2, 0) is 11.3 Å². The number of phenols is 1. The standard InChI is InChI=1S/C13H13N3O4/c1-8-14-4-5-16(8)7-12(18)15-9-2-3-10(13(19)20)11(17)6-9/h2-6,17H,7H2,1H3,(H,15,18)(H,19,20). The Morgan fingerprint density at radius 3 is 2.70 bits per heavy atom. The van der Waals surface area contributed by atoms with Crippen molar-refractivity contribution >= 4 is 17.6 Å². The predicted octanol–water partition coefficient (Wildman–Crippen LogP) is 1.23. The third kappa shape index (κ3) is 2.94. The second-order valence-corrected chi connectivity index (χ2v) is 4.19. The van der Waals surface area contributed by atoms with Gasteiger partial charge < -0.3 is 20.1 Å². The number of hydrogen-bond acceptors (Lipinski definition) is 4. The molecule has 0 saturated carbocycles. The Hall–Kier alpha value is -2.83. The maximum Gasteiger partial charge on any atom is 0.339 e. The maximum absolute atomic E-state index is 11.8. The van der Waals surface area contributed by atoms with Gasteiger partial charge in [-0.1, -0.05) is 0 Å². The number of amides is 1. The van der Waals surface area contributed by atoms with E-state index < -0.39 is 11.7 Å². The Morgan fingerprint density at radius 2 is 2.15 bits per heavy atom. The second kappa shape index (κ2) is 5.43. The largest absolute Gasteiger partial charge is 0.507 e. The SMILES string of the molecule is Cc1nccn1CC(=O)Nc1ccc(C(=O)O)c(O)c1. The van der Waals surface area contributed by atoms with Crippen molar-refractivity contribution < 1.29 is 19.8 Å². The van der Waals surface area contributed by atoms with Crippen LogP contribution in [0.4, 0.5) is 5.69 Å². The summed E-state index contributed by atoms with van der Waals surface area (Å²) in [5.74, 6) is -1.21. The summed E-state index contributed by atoms with van der Waals surface area (Å²) in [4.78, 5) is 26.6. The maximum atomic E-state index is 11.8. The average molecular weight is 275 g/mol. The van der Waals surface area contributed by atoms with E-state index in [1.165, 1.54) is 18.2 Å². The number of imidazole rings is 1. The Balaban J connectivity index is 2.07. The molecule has 0 radical (unpaired) electrons. The molecule has 7 heteroatoms. The van der Waals surface area contributed by atoms with Crippen molar-refractivity contribution in [2.45, 2.75) is 13.5 Å². The van der Waals surface area contributed by atoms with Gasteiger partial charge in [-0.05, 0) is 19.1 Å². The summed E-state index contributed by atoms with van der Waals surface area (Å²) in [6, 6.07) is 3.85. The third-order valence-corrected chi connectivity index (χ3v) is 2.75. The summed E-state index contributed by atoms with van der Waals surface area (Å²) in [5, 5.41) is 20.9. The molecule has 1 amide bonds. The van der Waals surface area contributed by atoms with Gasteiger partial charge in [-0.2, -0.15) is 0 Å². The lowest BCUT2D eigenvalue weighted by molar-refractivity contribution is -0.116. The van der Waals surface area contributed by atoms with E-state index in [1.54, 1.807) is 23.9 Å². The first-order valence-electron chi connectivity index (χ1n) is 5.81. The van der Waals surface area contributed by atoms with Crippen LogP contribution in [0.2, 0.25) is 0 Å². The van der Waals surface area contributed by atoms with Gasteiger partial charge in [0.25, 0.3) is 0 Å². The summed E-state index contributed by atoms with van der Waals surface area (Å²) in [6.07, 6.45) is 3.27. The minimum absolute atomic E-state index is 0.0906. The van der Waals surface area contributed by atoms with E-state index >= 15 is 0 Å². The summed E-state index contributed by atoms with van der Waals surface area (Å²) in [6.45, 7) is 1.87. The number of hydrogen-bond donors (Lipinski definition) is 3. The lowest BCUT2D eigenvalue weighted by atomic mass is 10.2. The van der Waals surface area contributed by atoms with Gasteiger partial charge in [0, 0.05) is 24.1 Å². The number of aromatic carboxylic acids is 1. The molecule has 2 aromatic rings. The average Bonchev–Trinajstić information content (AvgIpc) is 2.74. The predicted molar refractivity (Wildman–Crippen MR) is 70.7 cm³/mol. The zero-order valence-electron chi connectivity index (χ0n) is 10.7. The van der Waals surface area contributed by atoms with Crippen molar-refractivity contribution in [2.75, 3.05) is 5.32 Å². The van der Waals surface area contributed by atoms with Crippen LogP contribution in [0.1, 0.15) is 16.2 Å². The van der Waals surface area contributed by atoms with Gasteiger partial charge in [0.15, 0.2) is 0 Å². The molecule has 0 saturated heterocycles. The highest BCUT2D eigenvalue weighted by atomic mass is 16.4. The number of nitrogens with one attached hydrogen (secondary N) is 1. The van der Waals surface area contributed by atoms with Gasteiger partial charge in [0.1, 0.15) is 23.7 Å². The van der Waals surface area contributed by atoms with Crippen molar-refractivity contribution in [1.82, 2.24) is 9.55 Å². The van der Waals surface area contributed by atoms with Gasteiger partial charge in [-0.25, -0.2) is 9.78 Å². The van der Waals surface area contributed by atoms with Crippen LogP contribution in [-0.4, -0.2) is 31.6 Å². The van der Waals surface area contributed by atoms with Gasteiger partial charge in [0.2, 0.25) is 5.91 Å². The van der Waals surface area contributed by atoms with Crippen molar-refractivity contribution in [3.8, 4) is 5.75 Å². The molecule has 0 spiro atoms. The van der Waals surface area contributed by atoms with E-state index in [0.29, 0.717) is 11.5 Å². The van der Waals surface area contributed by atoms with Crippen LogP contribution in [0.5, 0.6) is 5.75 Å². The molecule has 1 aromatic heterocycles. The highest BCUT2D eigenvalue weighted by Crippen LogP contribution is 2.21. The molecular formula is C13H13N3O4. The quantitative estimate of drug-likeness (QED) is 0.778. The van der Waals surface area contributed by atoms with Crippen LogP contribution in [0.15, 0.2) is 30.6 Å². The molecule has 20 heavy (non-hydrogen) atoms. The molecule has 0 aliphatic carbocycles. The molecule has 0 aliphatic rings.